The van der Waals surface area contributed by atoms with E-state index in [-0.39, 0.29) is 10.9 Å². The Kier molecular flexibility index (Phi) is 2.57. The van der Waals surface area contributed by atoms with Crippen LogP contribution in [0.3, 0.4) is 0 Å². The molecule has 0 saturated carbocycles. The molecule has 2 rings (SSSR count). The van der Waals surface area contributed by atoms with Crippen LogP contribution in [0.2, 0.25) is 0 Å². The van der Waals surface area contributed by atoms with Crippen molar-refractivity contribution in [1.29, 1.82) is 0 Å². The normalized spacial score (nSPS) is 13.2. The lowest BCUT2D eigenvalue weighted by Gasteiger charge is -2.15. The molecular weight excluding hydrogens is 245 g/mol. The van der Waals surface area contributed by atoms with Crippen molar-refractivity contribution >= 4 is 5.52 Å². The maximum Gasteiger partial charge on any atom is 0.433 e. The third-order valence-electron chi connectivity index (χ3n) is 2.69. The van der Waals surface area contributed by atoms with Crippen LogP contribution in [0, 0.1) is 0 Å². The van der Waals surface area contributed by atoms with E-state index >= 15 is 0 Å². The number of hydrogen-bond acceptors (Lipinski definition) is 1. The van der Waals surface area contributed by atoms with Crippen molar-refractivity contribution in [2.24, 2.45) is 0 Å². The molecule has 18 heavy (non-hydrogen) atoms. The van der Waals surface area contributed by atoms with E-state index in [1.165, 1.54) is 6.07 Å². The Morgan fingerprint density at radius 3 is 2.22 bits per heavy atom. The van der Waals surface area contributed by atoms with E-state index in [0.717, 1.165) is 4.52 Å². The Hall–Kier alpha value is -1.72. The van der Waals surface area contributed by atoms with E-state index in [1.54, 1.807) is 6.07 Å². The molecule has 6 heteroatoms. The number of aromatic amines is 1. The molecule has 0 bridgehead atoms. The molecule has 98 valence electrons. The zero-order valence-corrected chi connectivity index (χ0v) is 10.2. The van der Waals surface area contributed by atoms with Gasteiger partial charge in [0.1, 0.15) is 5.69 Å². The van der Waals surface area contributed by atoms with Crippen molar-refractivity contribution < 1.29 is 13.2 Å². The summed E-state index contributed by atoms with van der Waals surface area (Å²) in [6.45, 7) is 5.64. The summed E-state index contributed by atoms with van der Waals surface area (Å²) in [5.41, 5.74) is -1.10. The third kappa shape index (κ3) is 2.14. The van der Waals surface area contributed by atoms with E-state index in [2.05, 4.69) is 5.10 Å². The summed E-state index contributed by atoms with van der Waals surface area (Å²) >= 11 is 0. The second-order valence-corrected chi connectivity index (χ2v) is 5.25. The highest BCUT2D eigenvalue weighted by Gasteiger charge is 2.34. The van der Waals surface area contributed by atoms with Gasteiger partial charge in [0.25, 0.3) is 0 Å². The van der Waals surface area contributed by atoms with Gasteiger partial charge in [0.2, 0.25) is 0 Å². The summed E-state index contributed by atoms with van der Waals surface area (Å²) in [5, 5.41) is 2.70. The molecule has 0 radical (unpaired) electrons. The van der Waals surface area contributed by atoms with Gasteiger partial charge in [-0.05, 0) is 6.07 Å². The molecule has 2 aromatic rings. The van der Waals surface area contributed by atoms with Gasteiger partial charge in [-0.25, -0.2) is 0 Å². The van der Waals surface area contributed by atoms with Crippen molar-refractivity contribution in [2.75, 3.05) is 0 Å². The second kappa shape index (κ2) is 3.63. The summed E-state index contributed by atoms with van der Waals surface area (Å²) in [4.78, 5) is 11.3. The molecule has 0 aromatic carbocycles. The van der Waals surface area contributed by atoms with Crippen molar-refractivity contribution in [3.63, 3.8) is 0 Å². The Morgan fingerprint density at radius 1 is 1.11 bits per heavy atom. The summed E-state index contributed by atoms with van der Waals surface area (Å²) in [5.74, 6) is 0. The molecule has 0 aliphatic rings. The highest BCUT2D eigenvalue weighted by molar-refractivity contribution is 5.50. The third-order valence-corrected chi connectivity index (χ3v) is 2.69. The fraction of sp³-hybridized carbons (Fsp3) is 0.417. The monoisotopic (exact) mass is 258 g/mol. The van der Waals surface area contributed by atoms with Crippen LogP contribution >= 0.6 is 0 Å². The number of halogens is 3. The molecular formula is C12H13F3N2O. The summed E-state index contributed by atoms with van der Waals surface area (Å²) < 4.78 is 39.4. The number of nitrogens with zero attached hydrogens (tertiary/aromatic N) is 1. The smallest absolute Gasteiger partial charge is 0.297 e. The fourth-order valence-electron chi connectivity index (χ4n) is 1.71. The lowest BCUT2D eigenvalue weighted by Crippen LogP contribution is -2.17. The number of pyridine rings is 1. The quantitative estimate of drug-likeness (QED) is 0.775. The molecule has 0 fully saturated rings. The Morgan fingerprint density at radius 2 is 1.72 bits per heavy atom. The first kappa shape index (κ1) is 12.7. The standard InChI is InChI=1S/C12H13F3N2O/c1-11(2,3)9-5-7-4-8(18)6-10(12(13,14)15)17(7)16-9/h4-6,16H,1-3H3. The zero-order valence-electron chi connectivity index (χ0n) is 10.2. The van der Waals surface area contributed by atoms with Crippen LogP contribution in [0.5, 0.6) is 0 Å². The summed E-state index contributed by atoms with van der Waals surface area (Å²) in [6, 6.07) is 3.34. The maximum atomic E-state index is 12.8. The van der Waals surface area contributed by atoms with Gasteiger partial charge in [0.15, 0.2) is 5.43 Å². The molecule has 0 atom stereocenters. The summed E-state index contributed by atoms with van der Waals surface area (Å²) in [6.07, 6.45) is -4.57. The average molecular weight is 258 g/mol. The number of aromatic nitrogens is 2. The SMILES string of the molecule is CC(C)(C)c1cc2cc(=O)cc(C(F)(F)F)n2[nH]1. The molecule has 0 aliphatic carbocycles. The fourth-order valence-corrected chi connectivity index (χ4v) is 1.71. The van der Waals surface area contributed by atoms with Gasteiger partial charge >= 0.3 is 6.18 Å². The van der Waals surface area contributed by atoms with Crippen LogP contribution in [0.15, 0.2) is 23.0 Å². The van der Waals surface area contributed by atoms with Crippen molar-refractivity contribution in [1.82, 2.24) is 9.61 Å². The number of H-pyrrole nitrogens is 1. The topological polar surface area (TPSA) is 37.3 Å². The predicted octanol–water partition coefficient (Wildman–Crippen LogP) is 2.94. The van der Waals surface area contributed by atoms with Crippen molar-refractivity contribution in [3.05, 3.63) is 39.8 Å². The van der Waals surface area contributed by atoms with Gasteiger partial charge in [-0.3, -0.25) is 14.4 Å². The van der Waals surface area contributed by atoms with Gasteiger partial charge in [-0.15, -0.1) is 0 Å². The molecule has 0 aliphatic heterocycles. The first-order chi connectivity index (χ1) is 8.09. The number of hydrogen-bond donors (Lipinski definition) is 1. The molecule has 3 nitrogen and oxygen atoms in total. The zero-order chi connectivity index (χ0) is 13.7. The van der Waals surface area contributed by atoms with Gasteiger partial charge < -0.3 is 0 Å². The van der Waals surface area contributed by atoms with E-state index in [4.69, 9.17) is 0 Å². The number of nitrogens with one attached hydrogen (secondary N) is 1. The van der Waals surface area contributed by atoms with E-state index < -0.39 is 17.3 Å². The van der Waals surface area contributed by atoms with Crippen LogP contribution in [-0.2, 0) is 11.6 Å². The van der Waals surface area contributed by atoms with Gasteiger partial charge in [-0.1, -0.05) is 20.8 Å². The van der Waals surface area contributed by atoms with Gasteiger partial charge in [-0.2, -0.15) is 13.2 Å². The highest BCUT2D eigenvalue weighted by atomic mass is 19.4. The van der Waals surface area contributed by atoms with E-state index in [0.29, 0.717) is 11.8 Å². The van der Waals surface area contributed by atoms with Crippen LogP contribution in [0.1, 0.15) is 32.2 Å². The highest BCUT2D eigenvalue weighted by Crippen LogP contribution is 2.30. The van der Waals surface area contributed by atoms with Gasteiger partial charge in [0.05, 0.1) is 5.52 Å². The molecule has 2 heterocycles. The summed E-state index contributed by atoms with van der Waals surface area (Å²) in [7, 11) is 0. The lowest BCUT2D eigenvalue weighted by atomic mass is 9.92. The van der Waals surface area contributed by atoms with Crippen molar-refractivity contribution in [3.8, 4) is 0 Å². The lowest BCUT2D eigenvalue weighted by molar-refractivity contribution is -0.142. The first-order valence-electron chi connectivity index (χ1n) is 5.42. The molecule has 2 aromatic heterocycles. The molecule has 0 saturated heterocycles. The predicted molar refractivity (Wildman–Crippen MR) is 61.7 cm³/mol. The molecule has 0 amide bonds. The number of rotatable bonds is 0. The Bertz CT molecular complexity index is 644. The molecule has 0 unspecified atom stereocenters. The minimum absolute atomic E-state index is 0.222. The first-order valence-corrected chi connectivity index (χ1v) is 5.42. The van der Waals surface area contributed by atoms with Crippen LogP contribution in [-0.4, -0.2) is 9.61 Å². The molecule has 1 N–H and O–H groups in total. The number of alkyl halides is 3. The largest absolute Gasteiger partial charge is 0.433 e. The van der Waals surface area contributed by atoms with Crippen LogP contribution in [0.4, 0.5) is 13.2 Å². The minimum atomic E-state index is -4.57. The molecule has 0 spiro atoms. The van der Waals surface area contributed by atoms with E-state index in [1.807, 2.05) is 20.8 Å². The maximum absolute atomic E-state index is 12.8. The Balaban J connectivity index is 2.81. The van der Waals surface area contributed by atoms with Crippen LogP contribution in [0.25, 0.3) is 5.52 Å². The number of fused-ring (bicyclic) bond motifs is 1. The minimum Gasteiger partial charge on any atom is -0.297 e. The second-order valence-electron chi connectivity index (χ2n) is 5.25. The van der Waals surface area contributed by atoms with Gasteiger partial charge in [0, 0.05) is 23.2 Å². The van der Waals surface area contributed by atoms with Crippen molar-refractivity contribution in [2.45, 2.75) is 32.4 Å². The van der Waals surface area contributed by atoms with E-state index in [9.17, 15) is 18.0 Å². The van der Waals surface area contributed by atoms with Crippen LogP contribution < -0.4 is 5.43 Å². The Labute approximate surface area is 101 Å². The average Bonchev–Trinajstić information content (AvgIpc) is 2.57.